The van der Waals surface area contributed by atoms with Gasteiger partial charge < -0.3 is 10.3 Å². The molecular weight excluding hydrogens is 360 g/mol. The van der Waals surface area contributed by atoms with Crippen molar-refractivity contribution >= 4 is 23.4 Å². The van der Waals surface area contributed by atoms with Crippen molar-refractivity contribution in [1.29, 1.82) is 0 Å². The molecule has 0 radical (unpaired) electrons. The average Bonchev–Trinajstić information content (AvgIpc) is 2.63. The number of thioether (sulfide) groups is 1. The van der Waals surface area contributed by atoms with Crippen LogP contribution >= 0.6 is 11.8 Å². The summed E-state index contributed by atoms with van der Waals surface area (Å²) >= 11 is 0.986. The van der Waals surface area contributed by atoms with E-state index in [1.54, 1.807) is 0 Å². The van der Waals surface area contributed by atoms with E-state index >= 15 is 0 Å². The topological polar surface area (TPSA) is 74.8 Å². The molecule has 0 aliphatic rings. The SMILES string of the molecule is O=C(CSc1nc(-c2ccccc2)cc(=O)[nH]1)Nc1cc(F)ccc1F. The van der Waals surface area contributed by atoms with Crippen molar-refractivity contribution in [3.8, 4) is 11.3 Å². The zero-order valence-corrected chi connectivity index (χ0v) is 14.1. The highest BCUT2D eigenvalue weighted by molar-refractivity contribution is 7.99. The highest BCUT2D eigenvalue weighted by atomic mass is 32.2. The molecule has 2 aromatic carbocycles. The van der Waals surface area contributed by atoms with E-state index in [9.17, 15) is 18.4 Å². The summed E-state index contributed by atoms with van der Waals surface area (Å²) < 4.78 is 26.7. The van der Waals surface area contributed by atoms with Crippen LogP contribution in [-0.2, 0) is 4.79 Å². The summed E-state index contributed by atoms with van der Waals surface area (Å²) in [7, 11) is 0. The first-order valence-corrected chi connectivity index (χ1v) is 8.54. The van der Waals surface area contributed by atoms with E-state index in [4.69, 9.17) is 0 Å². The van der Waals surface area contributed by atoms with Crippen LogP contribution in [0.2, 0.25) is 0 Å². The van der Waals surface area contributed by atoms with Crippen molar-refractivity contribution in [1.82, 2.24) is 9.97 Å². The molecular formula is C18H13F2N3O2S. The molecule has 3 rings (SSSR count). The maximum absolute atomic E-state index is 13.5. The van der Waals surface area contributed by atoms with E-state index in [1.807, 2.05) is 30.3 Å². The van der Waals surface area contributed by atoms with Crippen molar-refractivity contribution in [3.05, 3.63) is 76.6 Å². The molecule has 0 saturated carbocycles. The molecule has 132 valence electrons. The second-order valence-electron chi connectivity index (χ2n) is 5.26. The minimum atomic E-state index is -0.734. The number of hydrogen-bond acceptors (Lipinski definition) is 4. The summed E-state index contributed by atoms with van der Waals surface area (Å²) in [4.78, 5) is 30.6. The van der Waals surface area contributed by atoms with Gasteiger partial charge in [0.1, 0.15) is 11.6 Å². The Morgan fingerprint density at radius 3 is 2.65 bits per heavy atom. The molecule has 1 aromatic heterocycles. The second-order valence-corrected chi connectivity index (χ2v) is 6.23. The summed E-state index contributed by atoms with van der Waals surface area (Å²) in [6.07, 6.45) is 0. The quantitative estimate of drug-likeness (QED) is 0.531. The van der Waals surface area contributed by atoms with Crippen LogP contribution in [0.3, 0.4) is 0 Å². The molecule has 0 aliphatic carbocycles. The lowest BCUT2D eigenvalue weighted by Gasteiger charge is -2.07. The Morgan fingerprint density at radius 1 is 1.12 bits per heavy atom. The first-order valence-electron chi connectivity index (χ1n) is 7.56. The third-order valence-electron chi connectivity index (χ3n) is 3.33. The predicted molar refractivity (Wildman–Crippen MR) is 96.0 cm³/mol. The fourth-order valence-corrected chi connectivity index (χ4v) is 2.85. The molecule has 3 aromatic rings. The normalized spacial score (nSPS) is 10.5. The van der Waals surface area contributed by atoms with Gasteiger partial charge in [-0.1, -0.05) is 42.1 Å². The summed E-state index contributed by atoms with van der Waals surface area (Å²) in [6, 6.07) is 13.3. The lowest BCUT2D eigenvalue weighted by Crippen LogP contribution is -2.16. The van der Waals surface area contributed by atoms with Crippen LogP contribution in [0.5, 0.6) is 0 Å². The van der Waals surface area contributed by atoms with Gasteiger partial charge in [-0.15, -0.1) is 0 Å². The van der Waals surface area contributed by atoms with Crippen LogP contribution < -0.4 is 10.9 Å². The van der Waals surface area contributed by atoms with Gasteiger partial charge in [0.25, 0.3) is 5.56 Å². The van der Waals surface area contributed by atoms with E-state index in [1.165, 1.54) is 6.07 Å². The van der Waals surface area contributed by atoms with Crippen LogP contribution in [0.4, 0.5) is 14.5 Å². The van der Waals surface area contributed by atoms with Gasteiger partial charge in [0.15, 0.2) is 5.16 Å². The van der Waals surface area contributed by atoms with E-state index in [0.717, 1.165) is 35.5 Å². The van der Waals surface area contributed by atoms with Crippen molar-refractivity contribution in [3.63, 3.8) is 0 Å². The summed E-state index contributed by atoms with van der Waals surface area (Å²) in [5, 5.41) is 2.54. The number of amides is 1. The van der Waals surface area contributed by atoms with E-state index in [0.29, 0.717) is 5.69 Å². The number of halogens is 2. The standard InChI is InChI=1S/C18H13F2N3O2S/c19-12-6-7-13(20)15(8-12)21-17(25)10-26-18-22-14(9-16(24)23-18)11-4-2-1-3-5-11/h1-9H,10H2,(H,21,25)(H,22,23,24). The third kappa shape index (κ3) is 4.54. The number of rotatable bonds is 5. The molecule has 0 saturated heterocycles. The monoisotopic (exact) mass is 373 g/mol. The van der Waals surface area contributed by atoms with E-state index in [2.05, 4.69) is 15.3 Å². The second kappa shape index (κ2) is 7.92. The Kier molecular flexibility index (Phi) is 5.43. The number of nitrogens with zero attached hydrogens (tertiary/aromatic N) is 1. The van der Waals surface area contributed by atoms with Gasteiger partial charge in [-0.2, -0.15) is 0 Å². The number of benzene rings is 2. The number of aromatic amines is 1. The summed E-state index contributed by atoms with van der Waals surface area (Å²) in [6.45, 7) is 0. The smallest absolute Gasteiger partial charge is 0.252 e. The number of nitrogens with one attached hydrogen (secondary N) is 2. The average molecular weight is 373 g/mol. The molecule has 1 heterocycles. The van der Waals surface area contributed by atoms with Crippen LogP contribution in [0.15, 0.2) is 64.5 Å². The van der Waals surface area contributed by atoms with Gasteiger partial charge in [0, 0.05) is 17.7 Å². The highest BCUT2D eigenvalue weighted by Gasteiger charge is 2.11. The minimum Gasteiger partial charge on any atom is -0.323 e. The first-order chi connectivity index (χ1) is 12.5. The highest BCUT2D eigenvalue weighted by Crippen LogP contribution is 2.19. The number of carbonyl (C=O) groups excluding carboxylic acids is 1. The van der Waals surface area contributed by atoms with Crippen molar-refractivity contribution in [2.45, 2.75) is 5.16 Å². The lowest BCUT2D eigenvalue weighted by atomic mass is 10.1. The number of anilines is 1. The predicted octanol–water partition coefficient (Wildman–Crippen LogP) is 3.45. The fraction of sp³-hybridized carbons (Fsp3) is 0.0556. The molecule has 1 amide bonds. The Bertz CT molecular complexity index is 993. The minimum absolute atomic E-state index is 0.128. The Balaban J connectivity index is 1.69. The number of hydrogen-bond donors (Lipinski definition) is 2. The number of H-pyrrole nitrogens is 1. The molecule has 5 nitrogen and oxygen atoms in total. The fourth-order valence-electron chi connectivity index (χ4n) is 2.17. The third-order valence-corrected chi connectivity index (χ3v) is 4.21. The summed E-state index contributed by atoms with van der Waals surface area (Å²) in [5.74, 6) is -2.07. The largest absolute Gasteiger partial charge is 0.323 e. The zero-order valence-electron chi connectivity index (χ0n) is 13.3. The number of aromatic nitrogens is 2. The van der Waals surface area contributed by atoms with E-state index < -0.39 is 17.5 Å². The summed E-state index contributed by atoms with van der Waals surface area (Å²) in [5.41, 5.74) is 0.660. The Morgan fingerprint density at radius 2 is 1.88 bits per heavy atom. The maximum atomic E-state index is 13.5. The molecule has 0 aliphatic heterocycles. The molecule has 2 N–H and O–H groups in total. The zero-order chi connectivity index (χ0) is 18.5. The number of carbonyl (C=O) groups is 1. The van der Waals surface area contributed by atoms with Crippen molar-refractivity contribution in [2.75, 3.05) is 11.1 Å². The van der Waals surface area contributed by atoms with Gasteiger partial charge in [-0.05, 0) is 12.1 Å². The first kappa shape index (κ1) is 17.8. The van der Waals surface area contributed by atoms with Crippen LogP contribution in [0.1, 0.15) is 0 Å². The maximum Gasteiger partial charge on any atom is 0.252 e. The van der Waals surface area contributed by atoms with Crippen LogP contribution in [0.25, 0.3) is 11.3 Å². The van der Waals surface area contributed by atoms with Crippen LogP contribution in [0, 0.1) is 11.6 Å². The van der Waals surface area contributed by atoms with Gasteiger partial charge in [-0.25, -0.2) is 13.8 Å². The molecule has 26 heavy (non-hydrogen) atoms. The Labute approximate surface area is 151 Å². The molecule has 0 fully saturated rings. The molecule has 0 bridgehead atoms. The van der Waals surface area contributed by atoms with Gasteiger partial charge >= 0.3 is 0 Å². The van der Waals surface area contributed by atoms with E-state index in [-0.39, 0.29) is 22.2 Å². The lowest BCUT2D eigenvalue weighted by molar-refractivity contribution is -0.113. The molecule has 8 heteroatoms. The van der Waals surface area contributed by atoms with Crippen LogP contribution in [-0.4, -0.2) is 21.6 Å². The molecule has 0 spiro atoms. The van der Waals surface area contributed by atoms with Gasteiger partial charge in [0.05, 0.1) is 17.1 Å². The van der Waals surface area contributed by atoms with Gasteiger partial charge in [-0.3, -0.25) is 9.59 Å². The van der Waals surface area contributed by atoms with Gasteiger partial charge in [0.2, 0.25) is 5.91 Å². The molecule has 0 atom stereocenters. The molecule has 0 unspecified atom stereocenters. The van der Waals surface area contributed by atoms with Crippen molar-refractivity contribution < 1.29 is 13.6 Å². The Hall–Kier alpha value is -3.00. The van der Waals surface area contributed by atoms with Crippen molar-refractivity contribution in [2.24, 2.45) is 0 Å².